The van der Waals surface area contributed by atoms with Gasteiger partial charge in [-0.25, -0.2) is 0 Å². The second-order valence-corrected chi connectivity index (χ2v) is 9.30. The summed E-state index contributed by atoms with van der Waals surface area (Å²) in [6.45, 7) is 7.62. The van der Waals surface area contributed by atoms with E-state index < -0.39 is 0 Å². The predicted molar refractivity (Wildman–Crippen MR) is 114 cm³/mol. The van der Waals surface area contributed by atoms with E-state index in [1.807, 2.05) is 0 Å². The Bertz CT molecular complexity index is 497. The fraction of sp³-hybridized carbons (Fsp3) is 0.900. The maximum Gasteiger partial charge on any atom is 0.223 e. The molecule has 3 fully saturated rings. The molecule has 2 saturated carbocycles. The number of hydrogen-bond acceptors (Lipinski definition) is 4. The van der Waals surface area contributed by atoms with Crippen molar-refractivity contribution >= 4 is 23.6 Å². The summed E-state index contributed by atoms with van der Waals surface area (Å²) >= 11 is 2.08. The Kier molecular flexibility index (Phi) is 8.12. The van der Waals surface area contributed by atoms with E-state index in [9.17, 15) is 4.79 Å². The molecular formula is C20H37N5OS. The zero-order valence-corrected chi connectivity index (χ0v) is 17.7. The van der Waals surface area contributed by atoms with Crippen molar-refractivity contribution in [2.24, 2.45) is 10.9 Å². The smallest absolute Gasteiger partial charge is 0.223 e. The minimum atomic E-state index is 0.211. The third kappa shape index (κ3) is 6.28. The van der Waals surface area contributed by atoms with Gasteiger partial charge >= 0.3 is 0 Å². The van der Waals surface area contributed by atoms with Gasteiger partial charge in [-0.15, -0.1) is 0 Å². The average Bonchev–Trinajstić information content (AvgIpc) is 3.56. The van der Waals surface area contributed by atoms with Crippen LogP contribution >= 0.6 is 11.8 Å². The van der Waals surface area contributed by atoms with Crippen molar-refractivity contribution in [1.82, 2.24) is 20.9 Å². The highest BCUT2D eigenvalue weighted by molar-refractivity contribution is 7.99. The molecule has 1 heterocycles. The van der Waals surface area contributed by atoms with Crippen molar-refractivity contribution < 1.29 is 4.79 Å². The van der Waals surface area contributed by atoms with Crippen LogP contribution in [0.2, 0.25) is 0 Å². The summed E-state index contributed by atoms with van der Waals surface area (Å²) < 4.78 is 0. The molecule has 6 nitrogen and oxygen atoms in total. The summed E-state index contributed by atoms with van der Waals surface area (Å²) in [4.78, 5) is 19.4. The van der Waals surface area contributed by atoms with Crippen LogP contribution < -0.4 is 16.0 Å². The van der Waals surface area contributed by atoms with Gasteiger partial charge in [0.2, 0.25) is 5.91 Å². The lowest BCUT2D eigenvalue weighted by molar-refractivity contribution is -0.122. The lowest BCUT2D eigenvalue weighted by Crippen LogP contribution is -2.55. The number of nitrogens with one attached hydrogen (secondary N) is 3. The highest BCUT2D eigenvalue weighted by Gasteiger charge is 2.38. The van der Waals surface area contributed by atoms with Gasteiger partial charge in [-0.05, 0) is 32.6 Å². The number of amides is 1. The van der Waals surface area contributed by atoms with Gasteiger partial charge < -0.3 is 16.0 Å². The first-order chi connectivity index (χ1) is 13.2. The summed E-state index contributed by atoms with van der Waals surface area (Å²) in [5.41, 5.74) is 0.252. The monoisotopic (exact) mass is 395 g/mol. The molecule has 1 amide bonds. The van der Waals surface area contributed by atoms with Crippen molar-refractivity contribution in [1.29, 1.82) is 0 Å². The van der Waals surface area contributed by atoms with E-state index >= 15 is 0 Å². The molecule has 2 aliphatic carbocycles. The van der Waals surface area contributed by atoms with E-state index in [0.29, 0.717) is 6.54 Å². The lowest BCUT2D eigenvalue weighted by atomic mass is 9.80. The van der Waals surface area contributed by atoms with Crippen molar-refractivity contribution in [2.75, 3.05) is 50.8 Å². The fourth-order valence-electron chi connectivity index (χ4n) is 4.25. The largest absolute Gasteiger partial charge is 0.357 e. The third-order valence-corrected chi connectivity index (χ3v) is 6.95. The fourth-order valence-corrected chi connectivity index (χ4v) is 5.15. The van der Waals surface area contributed by atoms with E-state index in [4.69, 9.17) is 4.99 Å². The van der Waals surface area contributed by atoms with Crippen LogP contribution in [0.5, 0.6) is 0 Å². The van der Waals surface area contributed by atoms with Crippen molar-refractivity contribution in [3.05, 3.63) is 0 Å². The maximum absolute atomic E-state index is 11.7. The van der Waals surface area contributed by atoms with Crippen molar-refractivity contribution in [3.8, 4) is 0 Å². The van der Waals surface area contributed by atoms with Crippen molar-refractivity contribution in [3.63, 3.8) is 0 Å². The van der Waals surface area contributed by atoms with Crippen LogP contribution in [0.15, 0.2) is 4.99 Å². The summed E-state index contributed by atoms with van der Waals surface area (Å²) in [6, 6.07) is 0. The van der Waals surface area contributed by atoms with E-state index in [-0.39, 0.29) is 17.4 Å². The van der Waals surface area contributed by atoms with Crippen LogP contribution in [0, 0.1) is 5.92 Å². The SMILES string of the molecule is CCNC(=NCC1(N2CCSCC2)CCCCC1)NCCNC(=O)C1CC1. The van der Waals surface area contributed by atoms with Gasteiger partial charge in [-0.2, -0.15) is 11.8 Å². The molecule has 27 heavy (non-hydrogen) atoms. The average molecular weight is 396 g/mol. The first-order valence-corrected chi connectivity index (χ1v) is 12.0. The molecule has 0 spiro atoms. The Labute approximate surface area is 168 Å². The topological polar surface area (TPSA) is 68.8 Å². The molecule has 0 atom stereocenters. The van der Waals surface area contributed by atoms with E-state index in [1.165, 1.54) is 56.7 Å². The first kappa shape index (κ1) is 20.8. The zero-order valence-electron chi connectivity index (χ0n) is 16.9. The Morgan fingerprint density at radius 1 is 1.07 bits per heavy atom. The van der Waals surface area contributed by atoms with Crippen LogP contribution in [-0.2, 0) is 4.79 Å². The minimum absolute atomic E-state index is 0.211. The van der Waals surface area contributed by atoms with Gasteiger partial charge in [0.1, 0.15) is 0 Å². The summed E-state index contributed by atoms with van der Waals surface area (Å²) in [5.74, 6) is 3.88. The van der Waals surface area contributed by atoms with Crippen LogP contribution in [0.25, 0.3) is 0 Å². The Morgan fingerprint density at radius 3 is 2.44 bits per heavy atom. The number of nitrogens with zero attached hydrogens (tertiary/aromatic N) is 2. The normalized spacial score (nSPS) is 23.7. The Balaban J connectivity index is 1.52. The Hall–Kier alpha value is -0.950. The van der Waals surface area contributed by atoms with Crippen molar-refractivity contribution in [2.45, 2.75) is 57.4 Å². The van der Waals surface area contributed by atoms with E-state index in [0.717, 1.165) is 38.4 Å². The number of carbonyl (C=O) groups excluding carboxylic acids is 1. The molecule has 7 heteroatoms. The molecule has 1 aliphatic heterocycles. The molecule has 3 rings (SSSR count). The van der Waals surface area contributed by atoms with E-state index in [2.05, 4.69) is 39.5 Å². The molecule has 0 radical (unpaired) electrons. The van der Waals surface area contributed by atoms with Gasteiger partial charge in [0.05, 0.1) is 6.54 Å². The molecule has 3 aliphatic rings. The molecule has 154 valence electrons. The standard InChI is InChI=1S/C20H37N5OS/c1-2-21-19(23-11-10-22-18(26)17-6-7-17)24-16-20(8-4-3-5-9-20)25-12-14-27-15-13-25/h17H,2-16H2,1H3,(H,22,26)(H2,21,23,24). The number of thioether (sulfide) groups is 1. The van der Waals surface area contributed by atoms with Gasteiger partial charge in [0, 0.05) is 55.7 Å². The lowest BCUT2D eigenvalue weighted by Gasteiger charge is -2.47. The number of hydrogen-bond donors (Lipinski definition) is 3. The number of rotatable bonds is 8. The number of carbonyl (C=O) groups is 1. The van der Waals surface area contributed by atoms with Gasteiger partial charge in [-0.1, -0.05) is 19.3 Å². The molecule has 0 aromatic heterocycles. The Morgan fingerprint density at radius 2 is 1.78 bits per heavy atom. The quantitative estimate of drug-likeness (QED) is 0.332. The molecule has 0 aromatic rings. The summed E-state index contributed by atoms with van der Waals surface area (Å²) in [6.07, 6.45) is 8.69. The molecule has 1 saturated heterocycles. The highest BCUT2D eigenvalue weighted by atomic mass is 32.2. The number of aliphatic imine (C=N–C) groups is 1. The summed E-state index contributed by atoms with van der Waals surface area (Å²) in [5, 5.41) is 9.78. The van der Waals surface area contributed by atoms with Crippen LogP contribution in [-0.4, -0.2) is 73.1 Å². The summed E-state index contributed by atoms with van der Waals surface area (Å²) in [7, 11) is 0. The molecule has 0 bridgehead atoms. The highest BCUT2D eigenvalue weighted by Crippen LogP contribution is 2.35. The molecule has 3 N–H and O–H groups in total. The van der Waals surface area contributed by atoms with E-state index in [1.54, 1.807) is 0 Å². The van der Waals surface area contributed by atoms with Crippen LogP contribution in [0.4, 0.5) is 0 Å². The maximum atomic E-state index is 11.7. The second kappa shape index (κ2) is 10.6. The zero-order chi connectivity index (χ0) is 19.0. The van der Waals surface area contributed by atoms with Gasteiger partial charge in [0.15, 0.2) is 5.96 Å². The minimum Gasteiger partial charge on any atom is -0.357 e. The third-order valence-electron chi connectivity index (χ3n) is 6.01. The van der Waals surface area contributed by atoms with Gasteiger partial charge in [-0.3, -0.25) is 14.7 Å². The van der Waals surface area contributed by atoms with Crippen LogP contribution in [0.1, 0.15) is 51.9 Å². The second-order valence-electron chi connectivity index (χ2n) is 8.07. The molecule has 0 aromatic carbocycles. The molecular weight excluding hydrogens is 358 g/mol. The number of guanidine groups is 1. The first-order valence-electron chi connectivity index (χ1n) is 10.9. The van der Waals surface area contributed by atoms with Gasteiger partial charge in [0.25, 0.3) is 0 Å². The predicted octanol–water partition coefficient (Wildman–Crippen LogP) is 1.82. The van der Waals surface area contributed by atoms with Crippen LogP contribution in [0.3, 0.4) is 0 Å². The molecule has 0 unspecified atom stereocenters.